The molecular formula is C17H32O3SSi. The molecule has 0 amide bonds. The SMILES string of the molecule is CCCCc1ccsc1CCC[Si](OCC)(OCC)OCC. The Morgan fingerprint density at radius 2 is 1.55 bits per heavy atom. The minimum absolute atomic E-state index is 0.660. The van der Waals surface area contributed by atoms with Crippen LogP contribution in [-0.4, -0.2) is 28.6 Å². The number of hydrogen-bond acceptors (Lipinski definition) is 4. The average molecular weight is 345 g/mol. The first-order valence-corrected chi connectivity index (χ1v) is 11.5. The van der Waals surface area contributed by atoms with Crippen molar-refractivity contribution in [3.8, 4) is 0 Å². The molecular weight excluding hydrogens is 312 g/mol. The number of thiophene rings is 1. The molecule has 0 aromatic carbocycles. The number of rotatable bonds is 13. The van der Waals surface area contributed by atoms with Gasteiger partial charge in [-0.25, -0.2) is 0 Å². The van der Waals surface area contributed by atoms with Crippen LogP contribution in [0.1, 0.15) is 57.4 Å². The van der Waals surface area contributed by atoms with Crippen molar-refractivity contribution in [1.29, 1.82) is 0 Å². The second-order valence-electron chi connectivity index (χ2n) is 5.31. The molecule has 0 saturated heterocycles. The van der Waals surface area contributed by atoms with E-state index in [0.717, 1.165) is 18.9 Å². The van der Waals surface area contributed by atoms with Crippen LogP contribution in [0.15, 0.2) is 11.4 Å². The van der Waals surface area contributed by atoms with Gasteiger partial charge in [0.2, 0.25) is 0 Å². The lowest BCUT2D eigenvalue weighted by molar-refractivity contribution is 0.0708. The third-order valence-corrected chi connectivity index (χ3v) is 7.79. The molecule has 0 atom stereocenters. The van der Waals surface area contributed by atoms with E-state index in [1.165, 1.54) is 29.7 Å². The van der Waals surface area contributed by atoms with Gasteiger partial charge >= 0.3 is 8.80 Å². The van der Waals surface area contributed by atoms with Crippen molar-refractivity contribution in [2.75, 3.05) is 19.8 Å². The Morgan fingerprint density at radius 3 is 2.09 bits per heavy atom. The van der Waals surface area contributed by atoms with Gasteiger partial charge in [0.1, 0.15) is 0 Å². The maximum absolute atomic E-state index is 5.92. The summed E-state index contributed by atoms with van der Waals surface area (Å²) in [5.41, 5.74) is 1.53. The molecule has 1 aromatic heterocycles. The summed E-state index contributed by atoms with van der Waals surface area (Å²) in [6.45, 7) is 10.3. The third kappa shape index (κ3) is 6.50. The molecule has 0 fully saturated rings. The molecule has 1 rings (SSSR count). The van der Waals surface area contributed by atoms with E-state index in [1.807, 2.05) is 32.1 Å². The summed E-state index contributed by atoms with van der Waals surface area (Å²) in [4.78, 5) is 1.53. The van der Waals surface area contributed by atoms with Crippen LogP contribution >= 0.6 is 11.3 Å². The summed E-state index contributed by atoms with van der Waals surface area (Å²) in [5.74, 6) is 0. The summed E-state index contributed by atoms with van der Waals surface area (Å²) in [6, 6.07) is 3.20. The quantitative estimate of drug-likeness (QED) is 0.467. The molecule has 1 heterocycles. The van der Waals surface area contributed by atoms with Gasteiger partial charge in [-0.05, 0) is 63.5 Å². The fourth-order valence-electron chi connectivity index (χ4n) is 2.64. The molecule has 0 N–H and O–H groups in total. The predicted octanol–water partition coefficient (Wildman–Crippen LogP) is 5.07. The highest BCUT2D eigenvalue weighted by molar-refractivity contribution is 7.10. The first kappa shape index (κ1) is 19.8. The minimum atomic E-state index is -2.47. The predicted molar refractivity (Wildman–Crippen MR) is 96.7 cm³/mol. The Bertz CT molecular complexity index is 378. The third-order valence-electron chi connectivity index (χ3n) is 3.62. The second-order valence-corrected chi connectivity index (χ2v) is 9.04. The molecule has 0 aliphatic carbocycles. The Kier molecular flexibility index (Phi) is 10.2. The van der Waals surface area contributed by atoms with Gasteiger partial charge in [-0.15, -0.1) is 11.3 Å². The zero-order valence-corrected chi connectivity index (χ0v) is 16.5. The van der Waals surface area contributed by atoms with Crippen LogP contribution in [0.3, 0.4) is 0 Å². The van der Waals surface area contributed by atoms with Crippen molar-refractivity contribution >= 4 is 20.1 Å². The van der Waals surface area contributed by atoms with Crippen molar-refractivity contribution in [3.05, 3.63) is 21.9 Å². The van der Waals surface area contributed by atoms with E-state index in [1.54, 1.807) is 0 Å². The van der Waals surface area contributed by atoms with E-state index < -0.39 is 8.80 Å². The lowest BCUT2D eigenvalue weighted by Gasteiger charge is -2.28. The molecule has 3 nitrogen and oxygen atoms in total. The van der Waals surface area contributed by atoms with Gasteiger partial charge in [-0.3, -0.25) is 0 Å². The molecule has 0 spiro atoms. The van der Waals surface area contributed by atoms with Gasteiger partial charge in [0.05, 0.1) is 0 Å². The van der Waals surface area contributed by atoms with E-state index in [0.29, 0.717) is 19.8 Å². The van der Waals surface area contributed by atoms with Crippen LogP contribution in [0.25, 0.3) is 0 Å². The maximum Gasteiger partial charge on any atom is 0.500 e. The summed E-state index contributed by atoms with van der Waals surface area (Å²) in [6.07, 6.45) is 5.93. The lowest BCUT2D eigenvalue weighted by atomic mass is 10.1. The fourth-order valence-corrected chi connectivity index (χ4v) is 6.24. The van der Waals surface area contributed by atoms with Gasteiger partial charge < -0.3 is 13.3 Å². The minimum Gasteiger partial charge on any atom is -0.374 e. The van der Waals surface area contributed by atoms with E-state index >= 15 is 0 Å². The largest absolute Gasteiger partial charge is 0.500 e. The van der Waals surface area contributed by atoms with Crippen molar-refractivity contribution in [1.82, 2.24) is 0 Å². The second kappa shape index (κ2) is 11.4. The van der Waals surface area contributed by atoms with Crippen LogP contribution in [0.2, 0.25) is 6.04 Å². The molecule has 5 heteroatoms. The van der Waals surface area contributed by atoms with Crippen molar-refractivity contribution < 1.29 is 13.3 Å². The first-order chi connectivity index (χ1) is 10.7. The molecule has 0 saturated carbocycles. The van der Waals surface area contributed by atoms with E-state index in [-0.39, 0.29) is 0 Å². The number of hydrogen-bond donors (Lipinski definition) is 0. The van der Waals surface area contributed by atoms with Crippen molar-refractivity contribution in [2.24, 2.45) is 0 Å². The molecule has 22 heavy (non-hydrogen) atoms. The highest BCUT2D eigenvalue weighted by atomic mass is 32.1. The topological polar surface area (TPSA) is 27.7 Å². The Balaban J connectivity index is 2.56. The van der Waals surface area contributed by atoms with Crippen LogP contribution in [-0.2, 0) is 26.1 Å². The normalized spacial score (nSPS) is 12.0. The molecule has 0 aliphatic heterocycles. The average Bonchev–Trinajstić information content (AvgIpc) is 2.93. The van der Waals surface area contributed by atoms with Gasteiger partial charge in [0.25, 0.3) is 0 Å². The Hall–Kier alpha value is -0.203. The molecule has 0 unspecified atom stereocenters. The van der Waals surface area contributed by atoms with E-state index in [4.69, 9.17) is 13.3 Å². The number of unbranched alkanes of at least 4 members (excludes halogenated alkanes) is 1. The van der Waals surface area contributed by atoms with Crippen LogP contribution in [0, 0.1) is 0 Å². The fraction of sp³-hybridized carbons (Fsp3) is 0.765. The molecule has 0 aliphatic rings. The van der Waals surface area contributed by atoms with Crippen LogP contribution in [0.4, 0.5) is 0 Å². The van der Waals surface area contributed by atoms with Crippen molar-refractivity contribution in [2.45, 2.75) is 65.8 Å². The summed E-state index contributed by atoms with van der Waals surface area (Å²) < 4.78 is 17.8. The van der Waals surface area contributed by atoms with Gasteiger partial charge in [-0.2, -0.15) is 0 Å². The van der Waals surface area contributed by atoms with Crippen molar-refractivity contribution in [3.63, 3.8) is 0 Å². The highest BCUT2D eigenvalue weighted by Gasteiger charge is 2.39. The standard InChI is InChI=1S/C17H32O3SSi/c1-5-9-11-16-13-14-21-17(16)12-10-15-22(18-6-2,19-7-3)20-8-4/h13-14H,5-12,15H2,1-4H3. The molecule has 0 radical (unpaired) electrons. The zero-order chi connectivity index (χ0) is 16.3. The van der Waals surface area contributed by atoms with Gasteiger partial charge in [0.15, 0.2) is 0 Å². The van der Waals surface area contributed by atoms with Gasteiger partial charge in [0, 0.05) is 30.7 Å². The monoisotopic (exact) mass is 344 g/mol. The smallest absolute Gasteiger partial charge is 0.374 e. The highest BCUT2D eigenvalue weighted by Crippen LogP contribution is 2.24. The summed E-state index contributed by atoms with van der Waals surface area (Å²) >= 11 is 1.88. The van der Waals surface area contributed by atoms with E-state index in [9.17, 15) is 0 Å². The molecule has 0 bridgehead atoms. The Morgan fingerprint density at radius 1 is 0.909 bits per heavy atom. The molecule has 128 valence electrons. The van der Waals surface area contributed by atoms with Crippen LogP contribution in [0.5, 0.6) is 0 Å². The summed E-state index contributed by atoms with van der Waals surface area (Å²) in [7, 11) is -2.47. The van der Waals surface area contributed by atoms with E-state index in [2.05, 4.69) is 18.4 Å². The number of aryl methyl sites for hydroxylation is 2. The maximum atomic E-state index is 5.92. The zero-order valence-electron chi connectivity index (χ0n) is 14.7. The Labute approximate surface area is 141 Å². The lowest BCUT2D eigenvalue weighted by Crippen LogP contribution is -2.46. The first-order valence-electron chi connectivity index (χ1n) is 8.68. The van der Waals surface area contributed by atoms with Gasteiger partial charge in [-0.1, -0.05) is 13.3 Å². The molecule has 1 aromatic rings. The van der Waals surface area contributed by atoms with Crippen LogP contribution < -0.4 is 0 Å². The summed E-state index contributed by atoms with van der Waals surface area (Å²) in [5, 5.41) is 2.22.